The number of rotatable bonds is 7. The lowest BCUT2D eigenvalue weighted by Gasteiger charge is -2.15. The molecule has 0 radical (unpaired) electrons. The zero-order valence-corrected chi connectivity index (χ0v) is 13.1. The minimum Gasteiger partial charge on any atom is -0.341 e. The van der Waals surface area contributed by atoms with Gasteiger partial charge in [0.25, 0.3) is 5.91 Å². The zero-order chi connectivity index (χ0) is 14.9. The first-order valence-corrected chi connectivity index (χ1v) is 8.25. The van der Waals surface area contributed by atoms with Gasteiger partial charge < -0.3 is 5.32 Å². The van der Waals surface area contributed by atoms with Crippen LogP contribution in [0.4, 0.5) is 0 Å². The van der Waals surface area contributed by atoms with E-state index in [-0.39, 0.29) is 11.9 Å². The van der Waals surface area contributed by atoms with Gasteiger partial charge in [0.1, 0.15) is 0 Å². The van der Waals surface area contributed by atoms with E-state index in [1.54, 1.807) is 0 Å². The van der Waals surface area contributed by atoms with Crippen molar-refractivity contribution in [1.29, 1.82) is 0 Å². The van der Waals surface area contributed by atoms with Crippen LogP contribution in [0, 0.1) is 0 Å². The summed E-state index contributed by atoms with van der Waals surface area (Å²) in [6.07, 6.45) is 7.67. The van der Waals surface area contributed by atoms with Crippen LogP contribution < -0.4 is 5.32 Å². The summed E-state index contributed by atoms with van der Waals surface area (Å²) in [6.45, 7) is 2.18. The molecule has 0 fully saturated rings. The fourth-order valence-electron chi connectivity index (χ4n) is 2.08. The molecule has 0 spiro atoms. The maximum atomic E-state index is 12.2. The van der Waals surface area contributed by atoms with Gasteiger partial charge in [-0.1, -0.05) is 68.3 Å². The number of carbonyl (C=O) groups excluding carboxylic acids is 1. The summed E-state index contributed by atoms with van der Waals surface area (Å²) in [4.78, 5) is 13.0. The lowest BCUT2D eigenvalue weighted by atomic mass is 10.1. The highest BCUT2D eigenvalue weighted by molar-refractivity contribution is 7.12. The Morgan fingerprint density at radius 3 is 2.71 bits per heavy atom. The van der Waals surface area contributed by atoms with Crippen molar-refractivity contribution in [2.75, 3.05) is 0 Å². The lowest BCUT2D eigenvalue weighted by molar-refractivity contribution is 0.0948. The third-order valence-corrected chi connectivity index (χ3v) is 4.11. The van der Waals surface area contributed by atoms with Gasteiger partial charge in [-0.2, -0.15) is 0 Å². The highest BCUT2D eigenvalue weighted by Crippen LogP contribution is 2.17. The average molecular weight is 299 g/mol. The topological polar surface area (TPSA) is 29.1 Å². The molecule has 0 unspecified atom stereocenters. The van der Waals surface area contributed by atoms with E-state index in [9.17, 15) is 4.79 Å². The minimum absolute atomic E-state index is 0.0148. The molecule has 0 aliphatic rings. The van der Waals surface area contributed by atoms with Gasteiger partial charge >= 0.3 is 0 Å². The van der Waals surface area contributed by atoms with Crippen LogP contribution in [0.15, 0.2) is 60.0 Å². The van der Waals surface area contributed by atoms with Gasteiger partial charge in [0.05, 0.1) is 10.9 Å². The number of unbranched alkanes of at least 4 members (excludes halogenated alkanes) is 2. The van der Waals surface area contributed by atoms with Crippen molar-refractivity contribution >= 4 is 17.2 Å². The average Bonchev–Trinajstić information content (AvgIpc) is 3.05. The molecule has 0 saturated heterocycles. The molecular weight excluding hydrogens is 278 g/mol. The Hall–Kier alpha value is -1.87. The first-order valence-electron chi connectivity index (χ1n) is 7.37. The van der Waals surface area contributed by atoms with Crippen LogP contribution in [0.1, 0.15) is 47.5 Å². The Kier molecular flexibility index (Phi) is 6.22. The molecule has 1 aromatic carbocycles. The van der Waals surface area contributed by atoms with Gasteiger partial charge in [0.15, 0.2) is 0 Å². The molecule has 1 atom stereocenters. The van der Waals surface area contributed by atoms with Crippen LogP contribution in [0.25, 0.3) is 0 Å². The lowest BCUT2D eigenvalue weighted by Crippen LogP contribution is -2.26. The molecule has 0 aliphatic heterocycles. The van der Waals surface area contributed by atoms with Gasteiger partial charge in [-0.3, -0.25) is 4.79 Å². The van der Waals surface area contributed by atoms with E-state index in [1.165, 1.54) is 24.2 Å². The van der Waals surface area contributed by atoms with Crippen LogP contribution in [-0.2, 0) is 0 Å². The number of amides is 1. The fraction of sp³-hybridized carbons (Fsp3) is 0.278. The van der Waals surface area contributed by atoms with Crippen LogP contribution in [-0.4, -0.2) is 5.91 Å². The van der Waals surface area contributed by atoms with E-state index in [4.69, 9.17) is 0 Å². The summed E-state index contributed by atoms with van der Waals surface area (Å²) in [5.41, 5.74) is 1.11. The van der Waals surface area contributed by atoms with Crippen molar-refractivity contribution in [3.8, 4) is 0 Å². The second-order valence-electron chi connectivity index (χ2n) is 4.91. The highest BCUT2D eigenvalue weighted by atomic mass is 32.1. The summed E-state index contributed by atoms with van der Waals surface area (Å²) < 4.78 is 0. The fourth-order valence-corrected chi connectivity index (χ4v) is 2.70. The second-order valence-corrected chi connectivity index (χ2v) is 5.86. The SMILES string of the molecule is CCCCC=C[C@@H](NC(=O)c1cccs1)c1ccccc1. The van der Waals surface area contributed by atoms with E-state index >= 15 is 0 Å². The molecule has 21 heavy (non-hydrogen) atoms. The third-order valence-electron chi connectivity index (χ3n) is 3.24. The Bertz CT molecular complexity index is 560. The predicted molar refractivity (Wildman–Crippen MR) is 89.6 cm³/mol. The smallest absolute Gasteiger partial charge is 0.262 e. The number of benzene rings is 1. The molecule has 1 heterocycles. The van der Waals surface area contributed by atoms with Gasteiger partial charge in [-0.05, 0) is 23.4 Å². The maximum absolute atomic E-state index is 12.2. The largest absolute Gasteiger partial charge is 0.341 e. The Morgan fingerprint density at radius 1 is 1.24 bits per heavy atom. The van der Waals surface area contributed by atoms with E-state index in [0.717, 1.165) is 16.9 Å². The zero-order valence-electron chi connectivity index (χ0n) is 12.3. The molecule has 0 saturated carbocycles. The molecular formula is C18H21NOS. The van der Waals surface area contributed by atoms with Crippen LogP contribution in [0.3, 0.4) is 0 Å². The molecule has 1 amide bonds. The molecule has 2 rings (SSSR count). The highest BCUT2D eigenvalue weighted by Gasteiger charge is 2.13. The number of hydrogen-bond acceptors (Lipinski definition) is 2. The molecule has 0 aliphatic carbocycles. The molecule has 110 valence electrons. The molecule has 2 aromatic rings. The monoisotopic (exact) mass is 299 g/mol. The second kappa shape index (κ2) is 8.42. The Balaban J connectivity index is 2.08. The number of carbonyl (C=O) groups is 1. The van der Waals surface area contributed by atoms with Gasteiger partial charge in [0.2, 0.25) is 0 Å². The van der Waals surface area contributed by atoms with E-state index < -0.39 is 0 Å². The van der Waals surface area contributed by atoms with Crippen molar-refractivity contribution in [3.05, 3.63) is 70.4 Å². The van der Waals surface area contributed by atoms with Crippen molar-refractivity contribution < 1.29 is 4.79 Å². The van der Waals surface area contributed by atoms with Crippen molar-refractivity contribution in [2.45, 2.75) is 32.2 Å². The van der Waals surface area contributed by atoms with E-state index in [2.05, 4.69) is 24.4 Å². The normalized spacial score (nSPS) is 12.4. The van der Waals surface area contributed by atoms with Gasteiger partial charge in [-0.25, -0.2) is 0 Å². The first-order chi connectivity index (χ1) is 10.3. The Labute approximate surface area is 130 Å². The van der Waals surface area contributed by atoms with Gasteiger partial charge in [-0.15, -0.1) is 11.3 Å². The number of nitrogens with one attached hydrogen (secondary N) is 1. The first kappa shape index (κ1) is 15.5. The molecule has 1 aromatic heterocycles. The molecule has 3 heteroatoms. The summed E-state index contributed by atoms with van der Waals surface area (Å²) in [6, 6.07) is 13.8. The quantitative estimate of drug-likeness (QED) is 0.568. The van der Waals surface area contributed by atoms with Crippen molar-refractivity contribution in [3.63, 3.8) is 0 Å². The number of allylic oxidation sites excluding steroid dienone is 1. The standard InChI is InChI=1S/C18H21NOS/c1-2-3-4-8-12-16(15-10-6-5-7-11-15)19-18(20)17-13-9-14-21-17/h5-14,16H,2-4H2,1H3,(H,19,20)/t16-/m1/s1. The number of thiophene rings is 1. The van der Waals surface area contributed by atoms with Gasteiger partial charge in [0, 0.05) is 0 Å². The summed E-state index contributed by atoms with van der Waals surface area (Å²) >= 11 is 1.46. The van der Waals surface area contributed by atoms with E-state index in [1.807, 2.05) is 47.8 Å². The van der Waals surface area contributed by atoms with E-state index in [0.29, 0.717) is 0 Å². The third kappa shape index (κ3) is 4.87. The van der Waals surface area contributed by atoms with Crippen LogP contribution in [0.5, 0.6) is 0 Å². The van der Waals surface area contributed by atoms with Crippen molar-refractivity contribution in [1.82, 2.24) is 5.32 Å². The van der Waals surface area contributed by atoms with Crippen LogP contribution >= 0.6 is 11.3 Å². The minimum atomic E-state index is -0.0716. The summed E-state index contributed by atoms with van der Waals surface area (Å²) in [5.74, 6) is -0.0148. The molecule has 2 nitrogen and oxygen atoms in total. The summed E-state index contributed by atoms with van der Waals surface area (Å²) in [7, 11) is 0. The number of hydrogen-bond donors (Lipinski definition) is 1. The Morgan fingerprint density at radius 2 is 2.05 bits per heavy atom. The molecule has 0 bridgehead atoms. The molecule has 1 N–H and O–H groups in total. The van der Waals surface area contributed by atoms with Crippen molar-refractivity contribution in [2.24, 2.45) is 0 Å². The maximum Gasteiger partial charge on any atom is 0.262 e. The van der Waals surface area contributed by atoms with Crippen LogP contribution in [0.2, 0.25) is 0 Å². The predicted octanol–water partition coefficient (Wildman–Crippen LogP) is 4.97. The summed E-state index contributed by atoms with van der Waals surface area (Å²) in [5, 5.41) is 5.02.